The summed E-state index contributed by atoms with van der Waals surface area (Å²) in [7, 11) is 0. The smallest absolute Gasteiger partial charge is 0.120 e. The van der Waals surface area contributed by atoms with Gasteiger partial charge < -0.3 is 5.32 Å². The van der Waals surface area contributed by atoms with Gasteiger partial charge in [-0.2, -0.15) is 0 Å². The van der Waals surface area contributed by atoms with Crippen LogP contribution in [-0.4, -0.2) is 5.50 Å². The van der Waals surface area contributed by atoms with Crippen LogP contribution in [0.4, 0.5) is 0 Å². The van der Waals surface area contributed by atoms with Crippen LogP contribution in [0.1, 0.15) is 0 Å². The third-order valence-corrected chi connectivity index (χ3v) is 0.935. The third-order valence-electron chi connectivity index (χ3n) is 0.681. The summed E-state index contributed by atoms with van der Waals surface area (Å²) in [5.74, 6) is 0. The van der Waals surface area contributed by atoms with E-state index in [9.17, 15) is 0 Å². The quantitative estimate of drug-likeness (QED) is 0.366. The van der Waals surface area contributed by atoms with Gasteiger partial charge in [-0.05, 0) is 12.2 Å². The maximum Gasteiger partial charge on any atom is 0.120 e. The number of hydrogen-bond donors (Lipinski definition) is 1. The van der Waals surface area contributed by atoms with E-state index < -0.39 is 0 Å². The molecule has 1 heterocycles. The third kappa shape index (κ3) is 1.24. The molecule has 0 aromatic heterocycles. The Bertz CT molecular complexity index is 107. The molecule has 2 heteroatoms. The van der Waals surface area contributed by atoms with Crippen molar-refractivity contribution in [3.8, 4) is 0 Å². The first-order valence-corrected chi connectivity index (χ1v) is 2.48. The molecule has 1 rings (SSSR count). The number of dihydropyridines is 1. The Kier molecular flexibility index (Phi) is 1.37. The minimum absolute atomic E-state index is 0.0648. The van der Waals surface area contributed by atoms with E-state index in [1.807, 2.05) is 12.2 Å². The van der Waals surface area contributed by atoms with Crippen molar-refractivity contribution in [2.75, 3.05) is 0 Å². The molecule has 1 aliphatic rings. The predicted molar refractivity (Wildman–Crippen MR) is 29.7 cm³/mol. The Morgan fingerprint density at radius 2 is 2.57 bits per heavy atom. The lowest BCUT2D eigenvalue weighted by Gasteiger charge is -2.03. The van der Waals surface area contributed by atoms with Crippen molar-refractivity contribution >= 4 is 11.6 Å². The van der Waals surface area contributed by atoms with Gasteiger partial charge in [-0.3, -0.25) is 0 Å². The van der Waals surface area contributed by atoms with E-state index in [2.05, 4.69) is 11.5 Å². The largest absolute Gasteiger partial charge is 0.364 e. The second-order valence-corrected chi connectivity index (χ2v) is 1.71. The first-order valence-electron chi connectivity index (χ1n) is 2.05. The lowest BCUT2D eigenvalue weighted by molar-refractivity contribution is 0.875. The lowest BCUT2D eigenvalue weighted by atomic mass is 10.4. The van der Waals surface area contributed by atoms with Crippen LogP contribution in [0.25, 0.3) is 0 Å². The van der Waals surface area contributed by atoms with Crippen molar-refractivity contribution < 1.29 is 0 Å². The van der Waals surface area contributed by atoms with Gasteiger partial charge in [0.2, 0.25) is 0 Å². The summed E-state index contributed by atoms with van der Waals surface area (Å²) < 4.78 is 0. The monoisotopic (exact) mass is 114 g/mol. The molecule has 1 unspecified atom stereocenters. The molecule has 0 saturated heterocycles. The van der Waals surface area contributed by atoms with Gasteiger partial charge in [0, 0.05) is 0 Å². The van der Waals surface area contributed by atoms with Gasteiger partial charge in [-0.25, -0.2) is 0 Å². The summed E-state index contributed by atoms with van der Waals surface area (Å²) in [6.45, 7) is 0. The Hall–Kier alpha value is -0.430. The normalized spacial score (nSPS) is 27.3. The number of rotatable bonds is 0. The highest BCUT2D eigenvalue weighted by molar-refractivity contribution is 6.21. The van der Waals surface area contributed by atoms with Gasteiger partial charge >= 0.3 is 0 Å². The molecule has 0 bridgehead atoms. The number of nitrogens with one attached hydrogen (secondary N) is 1. The fraction of sp³-hybridized carbons (Fsp3) is 0.200. The zero-order valence-corrected chi connectivity index (χ0v) is 4.44. The van der Waals surface area contributed by atoms with Crippen LogP contribution in [0.15, 0.2) is 18.2 Å². The molecule has 37 valence electrons. The molecular formula is C5H5ClN. The summed E-state index contributed by atoms with van der Waals surface area (Å²) in [5.41, 5.74) is -0.0648. The number of alkyl halides is 1. The van der Waals surface area contributed by atoms with E-state index in [-0.39, 0.29) is 5.50 Å². The highest BCUT2D eigenvalue weighted by Crippen LogP contribution is 1.96. The van der Waals surface area contributed by atoms with Crippen LogP contribution in [-0.2, 0) is 0 Å². The maximum absolute atomic E-state index is 5.54. The van der Waals surface area contributed by atoms with E-state index in [4.69, 9.17) is 11.6 Å². The van der Waals surface area contributed by atoms with Gasteiger partial charge in [0.25, 0.3) is 0 Å². The van der Waals surface area contributed by atoms with E-state index in [0.717, 1.165) is 0 Å². The molecule has 1 aliphatic heterocycles. The van der Waals surface area contributed by atoms with Gasteiger partial charge in [0.05, 0.1) is 6.20 Å². The summed E-state index contributed by atoms with van der Waals surface area (Å²) in [5, 5.41) is 2.76. The fourth-order valence-electron chi connectivity index (χ4n) is 0.377. The first-order chi connectivity index (χ1) is 3.39. The molecule has 0 aromatic carbocycles. The lowest BCUT2D eigenvalue weighted by Crippen LogP contribution is -2.16. The van der Waals surface area contributed by atoms with Gasteiger partial charge in [-0.15, -0.1) is 0 Å². The van der Waals surface area contributed by atoms with E-state index in [0.29, 0.717) is 0 Å². The van der Waals surface area contributed by atoms with Crippen molar-refractivity contribution in [1.82, 2.24) is 5.32 Å². The van der Waals surface area contributed by atoms with E-state index in [1.165, 1.54) is 0 Å². The Morgan fingerprint density at radius 1 is 1.71 bits per heavy atom. The van der Waals surface area contributed by atoms with Gasteiger partial charge in [-0.1, -0.05) is 17.7 Å². The van der Waals surface area contributed by atoms with Crippen LogP contribution in [0.3, 0.4) is 0 Å². The van der Waals surface area contributed by atoms with Crippen molar-refractivity contribution in [2.24, 2.45) is 0 Å². The van der Waals surface area contributed by atoms with Crippen molar-refractivity contribution in [2.45, 2.75) is 5.50 Å². The van der Waals surface area contributed by atoms with Crippen molar-refractivity contribution in [3.63, 3.8) is 0 Å². The number of hydrogen-bond acceptors (Lipinski definition) is 1. The minimum atomic E-state index is -0.0648. The summed E-state index contributed by atoms with van der Waals surface area (Å²) in [4.78, 5) is 0. The van der Waals surface area contributed by atoms with Crippen molar-refractivity contribution in [1.29, 1.82) is 0 Å². The molecule has 1 N–H and O–H groups in total. The zero-order chi connectivity index (χ0) is 5.11. The number of halogens is 1. The van der Waals surface area contributed by atoms with Gasteiger partial charge in [0.1, 0.15) is 5.50 Å². The Balaban J connectivity index is 2.49. The zero-order valence-electron chi connectivity index (χ0n) is 3.69. The predicted octanol–water partition coefficient (Wildman–Crippen LogP) is 1.03. The molecule has 1 radical (unpaired) electrons. The summed E-state index contributed by atoms with van der Waals surface area (Å²) >= 11 is 5.54. The maximum atomic E-state index is 5.54. The molecule has 0 aliphatic carbocycles. The van der Waals surface area contributed by atoms with Crippen LogP contribution in [0.2, 0.25) is 0 Å². The van der Waals surface area contributed by atoms with Crippen LogP contribution in [0, 0.1) is 6.20 Å². The molecule has 0 amide bonds. The molecule has 0 fully saturated rings. The Labute approximate surface area is 47.7 Å². The fourth-order valence-corrected chi connectivity index (χ4v) is 0.524. The highest BCUT2D eigenvalue weighted by atomic mass is 35.5. The van der Waals surface area contributed by atoms with Crippen LogP contribution >= 0.6 is 11.6 Å². The molecule has 0 aromatic rings. The second kappa shape index (κ2) is 2.03. The van der Waals surface area contributed by atoms with E-state index >= 15 is 0 Å². The Morgan fingerprint density at radius 3 is 2.86 bits per heavy atom. The summed E-state index contributed by atoms with van der Waals surface area (Å²) in [6, 6.07) is 0. The molecule has 7 heavy (non-hydrogen) atoms. The van der Waals surface area contributed by atoms with Crippen molar-refractivity contribution in [3.05, 3.63) is 24.4 Å². The SMILES string of the molecule is ClC1C=CC=[C]N1. The molecular weight excluding hydrogens is 110 g/mol. The van der Waals surface area contributed by atoms with Gasteiger partial charge in [0.15, 0.2) is 0 Å². The topological polar surface area (TPSA) is 12.0 Å². The standard InChI is InChI=1S/C5H5ClN/c6-5-3-1-2-4-7-5/h1-3,5,7H. The van der Waals surface area contributed by atoms with Crippen LogP contribution in [0.5, 0.6) is 0 Å². The van der Waals surface area contributed by atoms with Crippen LogP contribution < -0.4 is 5.32 Å². The summed E-state index contributed by atoms with van der Waals surface area (Å²) in [6.07, 6.45) is 8.22. The molecule has 0 spiro atoms. The molecule has 1 atom stereocenters. The number of allylic oxidation sites excluding steroid dienone is 2. The second-order valence-electron chi connectivity index (χ2n) is 1.24. The molecule has 1 nitrogen and oxygen atoms in total. The first kappa shape index (κ1) is 4.72. The average molecular weight is 115 g/mol. The average Bonchev–Trinajstić information content (AvgIpc) is 1.69. The highest BCUT2D eigenvalue weighted by Gasteiger charge is 1.93. The minimum Gasteiger partial charge on any atom is -0.364 e. The molecule has 0 saturated carbocycles. The van der Waals surface area contributed by atoms with E-state index in [1.54, 1.807) is 6.08 Å².